The van der Waals surface area contributed by atoms with Gasteiger partial charge in [-0.25, -0.2) is 9.97 Å². The van der Waals surface area contributed by atoms with Crippen LogP contribution in [0.2, 0.25) is 0 Å². The van der Waals surface area contributed by atoms with Crippen LogP contribution in [0.4, 0.5) is 0 Å². The van der Waals surface area contributed by atoms with Gasteiger partial charge in [0.15, 0.2) is 0 Å². The van der Waals surface area contributed by atoms with Crippen molar-refractivity contribution < 1.29 is 9.59 Å². The van der Waals surface area contributed by atoms with E-state index in [4.69, 9.17) is 0 Å². The van der Waals surface area contributed by atoms with Crippen molar-refractivity contribution in [2.45, 2.75) is 30.7 Å². The minimum absolute atomic E-state index is 0.0272. The highest BCUT2D eigenvalue weighted by molar-refractivity contribution is 8.00. The number of nitrogens with zero attached hydrogens (tertiary/aromatic N) is 3. The van der Waals surface area contributed by atoms with E-state index < -0.39 is 0 Å². The van der Waals surface area contributed by atoms with Crippen LogP contribution in [0.5, 0.6) is 0 Å². The van der Waals surface area contributed by atoms with Crippen LogP contribution >= 0.6 is 23.1 Å². The van der Waals surface area contributed by atoms with Gasteiger partial charge in [-0.3, -0.25) is 9.59 Å². The first-order valence-corrected chi connectivity index (χ1v) is 9.71. The van der Waals surface area contributed by atoms with Gasteiger partial charge in [0.1, 0.15) is 16.2 Å². The van der Waals surface area contributed by atoms with Gasteiger partial charge in [-0.1, -0.05) is 11.8 Å². The summed E-state index contributed by atoms with van der Waals surface area (Å²) >= 11 is 3.16. The SMILES string of the molecule is CN(C)C(=O)CNC(=O)CSc1ncnc2sc3c(c12)CCCC3. The summed E-state index contributed by atoms with van der Waals surface area (Å²) in [7, 11) is 3.33. The van der Waals surface area contributed by atoms with Gasteiger partial charge in [-0.2, -0.15) is 0 Å². The molecular formula is C16H20N4O2S2. The molecular weight excluding hydrogens is 344 g/mol. The second-order valence-corrected chi connectivity index (χ2v) is 7.97. The second kappa shape index (κ2) is 7.48. The summed E-state index contributed by atoms with van der Waals surface area (Å²) in [4.78, 5) is 36.1. The lowest BCUT2D eigenvalue weighted by atomic mass is 9.97. The van der Waals surface area contributed by atoms with Crippen molar-refractivity contribution in [1.82, 2.24) is 20.2 Å². The van der Waals surface area contributed by atoms with Gasteiger partial charge in [0, 0.05) is 24.4 Å². The maximum atomic E-state index is 12.0. The number of hydrogen-bond donors (Lipinski definition) is 1. The van der Waals surface area contributed by atoms with Gasteiger partial charge < -0.3 is 10.2 Å². The van der Waals surface area contributed by atoms with E-state index in [0.717, 1.165) is 28.1 Å². The molecule has 0 atom stereocenters. The predicted molar refractivity (Wildman–Crippen MR) is 96.5 cm³/mol. The first-order chi connectivity index (χ1) is 11.6. The highest BCUT2D eigenvalue weighted by Crippen LogP contribution is 2.39. The van der Waals surface area contributed by atoms with Gasteiger partial charge in [-0.15, -0.1) is 11.3 Å². The Labute approximate surface area is 149 Å². The van der Waals surface area contributed by atoms with Gasteiger partial charge in [-0.05, 0) is 31.2 Å². The molecule has 0 bridgehead atoms. The topological polar surface area (TPSA) is 75.2 Å². The average molecular weight is 364 g/mol. The molecule has 1 N–H and O–H groups in total. The molecule has 3 rings (SSSR count). The highest BCUT2D eigenvalue weighted by atomic mass is 32.2. The van der Waals surface area contributed by atoms with Crippen molar-refractivity contribution in [2.24, 2.45) is 0 Å². The third-order valence-corrected chi connectivity index (χ3v) is 6.18. The van der Waals surface area contributed by atoms with E-state index in [2.05, 4.69) is 15.3 Å². The summed E-state index contributed by atoms with van der Waals surface area (Å²) < 4.78 is 0. The van der Waals surface area contributed by atoms with Crippen LogP contribution in [0.25, 0.3) is 10.2 Å². The number of thioether (sulfide) groups is 1. The summed E-state index contributed by atoms with van der Waals surface area (Å²) in [6.07, 6.45) is 6.19. The molecule has 2 amide bonds. The minimum Gasteiger partial charge on any atom is -0.347 e. The van der Waals surface area contributed by atoms with Crippen LogP contribution < -0.4 is 5.32 Å². The number of amides is 2. The second-order valence-electron chi connectivity index (χ2n) is 5.92. The highest BCUT2D eigenvalue weighted by Gasteiger charge is 2.20. The summed E-state index contributed by atoms with van der Waals surface area (Å²) in [5.41, 5.74) is 1.37. The number of fused-ring (bicyclic) bond motifs is 3. The number of aromatic nitrogens is 2. The molecule has 6 nitrogen and oxygen atoms in total. The van der Waals surface area contributed by atoms with Crippen LogP contribution in [0.1, 0.15) is 23.3 Å². The molecule has 0 radical (unpaired) electrons. The van der Waals surface area contributed by atoms with E-state index in [0.29, 0.717) is 0 Å². The number of carbonyl (C=O) groups excluding carboxylic acids is 2. The van der Waals surface area contributed by atoms with Crippen molar-refractivity contribution in [2.75, 3.05) is 26.4 Å². The Morgan fingerprint density at radius 1 is 1.29 bits per heavy atom. The van der Waals surface area contributed by atoms with Crippen LogP contribution in [0.15, 0.2) is 11.4 Å². The number of thiophene rings is 1. The summed E-state index contributed by atoms with van der Waals surface area (Å²) in [5.74, 6) is -0.0343. The molecule has 128 valence electrons. The lowest BCUT2D eigenvalue weighted by Gasteiger charge is -2.12. The van der Waals surface area contributed by atoms with E-state index in [1.807, 2.05) is 0 Å². The van der Waals surface area contributed by atoms with Crippen LogP contribution in [0, 0.1) is 0 Å². The van der Waals surface area contributed by atoms with Crippen molar-refractivity contribution >= 4 is 45.1 Å². The Balaban J connectivity index is 1.68. The van der Waals surface area contributed by atoms with E-state index in [1.165, 1.54) is 39.9 Å². The standard InChI is InChI=1S/C16H20N4O2S2/c1-20(2)13(22)7-17-12(21)8-23-15-14-10-5-3-4-6-11(10)24-16(14)19-9-18-15/h9H,3-8H2,1-2H3,(H,17,21). The number of likely N-dealkylation sites (N-methyl/N-ethyl adjacent to an activating group) is 1. The van der Waals surface area contributed by atoms with Gasteiger partial charge in [0.05, 0.1) is 12.3 Å². The van der Waals surface area contributed by atoms with Gasteiger partial charge in [0.25, 0.3) is 0 Å². The minimum atomic E-state index is -0.161. The summed E-state index contributed by atoms with van der Waals surface area (Å²) in [5, 5.41) is 4.64. The van der Waals surface area contributed by atoms with E-state index in [9.17, 15) is 9.59 Å². The van der Waals surface area contributed by atoms with Crippen molar-refractivity contribution in [1.29, 1.82) is 0 Å². The Morgan fingerprint density at radius 3 is 2.88 bits per heavy atom. The fourth-order valence-electron chi connectivity index (χ4n) is 2.69. The predicted octanol–water partition coefficient (Wildman–Crippen LogP) is 1.87. The number of aryl methyl sites for hydroxylation is 2. The first-order valence-electron chi connectivity index (χ1n) is 7.91. The average Bonchev–Trinajstić information content (AvgIpc) is 2.96. The third-order valence-electron chi connectivity index (χ3n) is 3.99. The first kappa shape index (κ1) is 17.2. The lowest BCUT2D eigenvalue weighted by Crippen LogP contribution is -2.36. The Bertz CT molecular complexity index is 773. The molecule has 0 aromatic carbocycles. The smallest absolute Gasteiger partial charge is 0.241 e. The van der Waals surface area contributed by atoms with Crippen molar-refractivity contribution in [3.05, 3.63) is 16.8 Å². The molecule has 2 aromatic heterocycles. The van der Waals surface area contributed by atoms with E-state index in [-0.39, 0.29) is 24.1 Å². The third kappa shape index (κ3) is 3.70. The number of nitrogens with one attached hydrogen (secondary N) is 1. The quantitative estimate of drug-likeness (QED) is 0.647. The summed E-state index contributed by atoms with van der Waals surface area (Å²) in [6.45, 7) is 0.0272. The van der Waals surface area contributed by atoms with E-state index in [1.54, 1.807) is 31.8 Å². The monoisotopic (exact) mass is 364 g/mol. The zero-order valence-electron chi connectivity index (χ0n) is 13.8. The Hall–Kier alpha value is -1.67. The maximum absolute atomic E-state index is 12.0. The summed E-state index contributed by atoms with van der Waals surface area (Å²) in [6, 6.07) is 0. The molecule has 24 heavy (non-hydrogen) atoms. The lowest BCUT2D eigenvalue weighted by molar-refractivity contribution is -0.130. The molecule has 0 aliphatic heterocycles. The molecule has 0 saturated heterocycles. The Morgan fingerprint density at radius 2 is 2.08 bits per heavy atom. The molecule has 0 unspecified atom stereocenters. The molecule has 2 heterocycles. The zero-order chi connectivity index (χ0) is 17.1. The van der Waals surface area contributed by atoms with Crippen molar-refractivity contribution in [3.63, 3.8) is 0 Å². The number of hydrogen-bond acceptors (Lipinski definition) is 6. The van der Waals surface area contributed by atoms with Crippen LogP contribution in [0.3, 0.4) is 0 Å². The molecule has 0 spiro atoms. The Kier molecular flexibility index (Phi) is 5.35. The van der Waals surface area contributed by atoms with Crippen molar-refractivity contribution in [3.8, 4) is 0 Å². The maximum Gasteiger partial charge on any atom is 0.241 e. The molecule has 0 fully saturated rings. The normalized spacial score (nSPS) is 13.6. The fraction of sp³-hybridized carbons (Fsp3) is 0.500. The molecule has 2 aromatic rings. The molecule has 1 aliphatic rings. The van der Waals surface area contributed by atoms with Gasteiger partial charge >= 0.3 is 0 Å². The van der Waals surface area contributed by atoms with E-state index >= 15 is 0 Å². The number of carbonyl (C=O) groups is 2. The van der Waals surface area contributed by atoms with Gasteiger partial charge in [0.2, 0.25) is 11.8 Å². The molecule has 1 aliphatic carbocycles. The zero-order valence-corrected chi connectivity index (χ0v) is 15.4. The molecule has 8 heteroatoms. The van der Waals surface area contributed by atoms with Crippen LogP contribution in [-0.4, -0.2) is 53.1 Å². The molecule has 0 saturated carbocycles. The number of rotatable bonds is 5. The fourth-order valence-corrected chi connectivity index (χ4v) is 4.84. The van der Waals surface area contributed by atoms with Crippen LogP contribution in [-0.2, 0) is 22.4 Å². The largest absolute Gasteiger partial charge is 0.347 e.